The van der Waals surface area contributed by atoms with Crippen molar-refractivity contribution in [2.75, 3.05) is 26.7 Å². The van der Waals surface area contributed by atoms with Gasteiger partial charge in [0.05, 0.1) is 6.61 Å². The molecule has 2 unspecified atom stereocenters. The lowest BCUT2D eigenvalue weighted by Gasteiger charge is -2.23. The molecular formula is C14H20N2O. The van der Waals surface area contributed by atoms with Gasteiger partial charge in [-0.25, -0.2) is 0 Å². The molecule has 0 bridgehead atoms. The SMILES string of the molecule is CNC(c1ccc2c(c1)CCO2)C1CCNC1. The molecule has 2 aliphatic rings. The molecule has 3 nitrogen and oxygen atoms in total. The van der Waals surface area contributed by atoms with Crippen LogP contribution in [0.1, 0.15) is 23.6 Å². The van der Waals surface area contributed by atoms with Crippen LogP contribution in [0.15, 0.2) is 18.2 Å². The van der Waals surface area contributed by atoms with Gasteiger partial charge in [-0.3, -0.25) is 0 Å². The summed E-state index contributed by atoms with van der Waals surface area (Å²) in [6.07, 6.45) is 2.32. The maximum Gasteiger partial charge on any atom is 0.122 e. The number of rotatable bonds is 3. The second kappa shape index (κ2) is 4.67. The van der Waals surface area contributed by atoms with Crippen LogP contribution in [0.25, 0.3) is 0 Å². The summed E-state index contributed by atoms with van der Waals surface area (Å²) < 4.78 is 5.56. The average molecular weight is 232 g/mol. The minimum absolute atomic E-state index is 0.468. The molecule has 1 saturated heterocycles. The number of benzene rings is 1. The molecule has 0 amide bonds. The van der Waals surface area contributed by atoms with Crippen molar-refractivity contribution in [2.24, 2.45) is 5.92 Å². The topological polar surface area (TPSA) is 33.3 Å². The van der Waals surface area contributed by atoms with Gasteiger partial charge in [0.1, 0.15) is 5.75 Å². The Balaban J connectivity index is 1.85. The Bertz CT molecular complexity index is 399. The number of nitrogens with one attached hydrogen (secondary N) is 2. The van der Waals surface area contributed by atoms with Gasteiger partial charge in [-0.2, -0.15) is 0 Å². The van der Waals surface area contributed by atoms with E-state index in [0.29, 0.717) is 12.0 Å². The van der Waals surface area contributed by atoms with Crippen molar-refractivity contribution in [1.82, 2.24) is 10.6 Å². The van der Waals surface area contributed by atoms with Crippen molar-refractivity contribution in [3.05, 3.63) is 29.3 Å². The summed E-state index contributed by atoms with van der Waals surface area (Å²) in [6, 6.07) is 7.13. The van der Waals surface area contributed by atoms with Gasteiger partial charge in [-0.1, -0.05) is 12.1 Å². The van der Waals surface area contributed by atoms with Crippen LogP contribution in [0.4, 0.5) is 0 Å². The van der Waals surface area contributed by atoms with Gasteiger partial charge in [0.2, 0.25) is 0 Å². The first kappa shape index (κ1) is 11.1. The first-order valence-corrected chi connectivity index (χ1v) is 6.52. The van der Waals surface area contributed by atoms with E-state index in [1.165, 1.54) is 17.5 Å². The van der Waals surface area contributed by atoms with Crippen molar-refractivity contribution in [3.63, 3.8) is 0 Å². The summed E-state index contributed by atoms with van der Waals surface area (Å²) in [5.74, 6) is 1.79. The minimum atomic E-state index is 0.468. The van der Waals surface area contributed by atoms with Crippen molar-refractivity contribution < 1.29 is 4.74 Å². The van der Waals surface area contributed by atoms with E-state index in [2.05, 4.69) is 35.9 Å². The standard InChI is InChI=1S/C14H20N2O/c1-15-14(12-4-6-16-9-12)11-2-3-13-10(8-11)5-7-17-13/h2-3,8,12,14-16H,4-7,9H2,1H3. The molecule has 92 valence electrons. The zero-order valence-electron chi connectivity index (χ0n) is 10.3. The molecule has 2 aliphatic heterocycles. The van der Waals surface area contributed by atoms with Crippen LogP contribution in [0.5, 0.6) is 5.75 Å². The summed E-state index contributed by atoms with van der Waals surface area (Å²) in [7, 11) is 2.06. The highest BCUT2D eigenvalue weighted by Gasteiger charge is 2.26. The largest absolute Gasteiger partial charge is 0.493 e. The molecule has 0 saturated carbocycles. The fraction of sp³-hybridized carbons (Fsp3) is 0.571. The van der Waals surface area contributed by atoms with E-state index in [1.54, 1.807) is 0 Å². The molecule has 3 rings (SSSR count). The minimum Gasteiger partial charge on any atom is -0.493 e. The Hall–Kier alpha value is -1.06. The average Bonchev–Trinajstić information content (AvgIpc) is 2.99. The van der Waals surface area contributed by atoms with Gasteiger partial charge in [0.15, 0.2) is 0 Å². The van der Waals surface area contributed by atoms with Crippen LogP contribution in [-0.4, -0.2) is 26.7 Å². The number of ether oxygens (including phenoxy) is 1. The predicted molar refractivity (Wildman–Crippen MR) is 68.4 cm³/mol. The molecule has 17 heavy (non-hydrogen) atoms. The third kappa shape index (κ3) is 2.05. The summed E-state index contributed by atoms with van der Waals surface area (Å²) in [4.78, 5) is 0. The zero-order valence-corrected chi connectivity index (χ0v) is 10.3. The van der Waals surface area contributed by atoms with Crippen LogP contribution in [0.2, 0.25) is 0 Å². The van der Waals surface area contributed by atoms with Crippen LogP contribution in [-0.2, 0) is 6.42 Å². The molecule has 3 heteroatoms. The lowest BCUT2D eigenvalue weighted by molar-refractivity contribution is 0.356. The molecule has 0 aromatic heterocycles. The summed E-state index contributed by atoms with van der Waals surface area (Å²) in [6.45, 7) is 3.12. The van der Waals surface area contributed by atoms with Crippen LogP contribution in [0, 0.1) is 5.92 Å². The van der Waals surface area contributed by atoms with E-state index in [9.17, 15) is 0 Å². The number of fused-ring (bicyclic) bond motifs is 1. The van der Waals surface area contributed by atoms with Gasteiger partial charge in [0.25, 0.3) is 0 Å². The third-order valence-electron chi connectivity index (χ3n) is 3.95. The molecule has 0 spiro atoms. The normalized spacial score (nSPS) is 24.4. The van der Waals surface area contributed by atoms with Gasteiger partial charge in [-0.05, 0) is 49.7 Å². The van der Waals surface area contributed by atoms with Gasteiger partial charge >= 0.3 is 0 Å². The fourth-order valence-electron chi connectivity index (χ4n) is 3.04. The van der Waals surface area contributed by atoms with Crippen molar-refractivity contribution >= 4 is 0 Å². The highest BCUT2D eigenvalue weighted by molar-refractivity contribution is 5.41. The van der Waals surface area contributed by atoms with E-state index in [-0.39, 0.29) is 0 Å². The summed E-state index contributed by atoms with van der Waals surface area (Å²) in [5, 5.41) is 6.92. The lowest BCUT2D eigenvalue weighted by Crippen LogP contribution is -2.26. The van der Waals surface area contributed by atoms with Gasteiger partial charge < -0.3 is 15.4 Å². The second-order valence-corrected chi connectivity index (χ2v) is 4.98. The fourth-order valence-corrected chi connectivity index (χ4v) is 3.04. The van der Waals surface area contributed by atoms with Crippen molar-refractivity contribution in [2.45, 2.75) is 18.9 Å². The molecular weight excluding hydrogens is 212 g/mol. The maximum absolute atomic E-state index is 5.56. The number of hydrogen-bond donors (Lipinski definition) is 2. The first-order chi connectivity index (χ1) is 8.38. The molecule has 2 heterocycles. The Labute approximate surface area is 103 Å². The van der Waals surface area contributed by atoms with E-state index in [0.717, 1.165) is 31.9 Å². The van der Waals surface area contributed by atoms with Gasteiger partial charge in [-0.15, -0.1) is 0 Å². The molecule has 2 N–H and O–H groups in total. The third-order valence-corrected chi connectivity index (χ3v) is 3.95. The summed E-state index contributed by atoms with van der Waals surface area (Å²) >= 11 is 0. The molecule has 2 atom stereocenters. The highest BCUT2D eigenvalue weighted by Crippen LogP contribution is 2.32. The lowest BCUT2D eigenvalue weighted by atomic mass is 9.91. The van der Waals surface area contributed by atoms with Crippen LogP contribution < -0.4 is 15.4 Å². The van der Waals surface area contributed by atoms with E-state index >= 15 is 0 Å². The Morgan fingerprint density at radius 1 is 1.47 bits per heavy atom. The summed E-state index contributed by atoms with van der Waals surface area (Å²) in [5.41, 5.74) is 2.78. The van der Waals surface area contributed by atoms with E-state index in [1.807, 2.05) is 0 Å². The number of hydrogen-bond acceptors (Lipinski definition) is 3. The molecule has 1 aromatic carbocycles. The second-order valence-electron chi connectivity index (χ2n) is 4.98. The smallest absolute Gasteiger partial charge is 0.122 e. The van der Waals surface area contributed by atoms with Crippen molar-refractivity contribution in [1.29, 1.82) is 0 Å². The Morgan fingerprint density at radius 3 is 3.18 bits per heavy atom. The van der Waals surface area contributed by atoms with Crippen LogP contribution in [0.3, 0.4) is 0 Å². The van der Waals surface area contributed by atoms with Crippen LogP contribution >= 0.6 is 0 Å². The molecule has 1 aromatic rings. The zero-order chi connectivity index (χ0) is 11.7. The van der Waals surface area contributed by atoms with E-state index < -0.39 is 0 Å². The maximum atomic E-state index is 5.56. The van der Waals surface area contributed by atoms with Gasteiger partial charge in [0, 0.05) is 12.5 Å². The predicted octanol–water partition coefficient (Wildman–Crippen LogP) is 1.49. The quantitative estimate of drug-likeness (QED) is 0.828. The van der Waals surface area contributed by atoms with E-state index in [4.69, 9.17) is 4.74 Å². The molecule has 0 radical (unpaired) electrons. The first-order valence-electron chi connectivity index (χ1n) is 6.52. The Kier molecular flexibility index (Phi) is 3.04. The monoisotopic (exact) mass is 232 g/mol. The Morgan fingerprint density at radius 2 is 2.41 bits per heavy atom. The van der Waals surface area contributed by atoms with Crippen molar-refractivity contribution in [3.8, 4) is 5.75 Å². The molecule has 0 aliphatic carbocycles. The highest BCUT2D eigenvalue weighted by atomic mass is 16.5. The molecule has 1 fully saturated rings.